The van der Waals surface area contributed by atoms with E-state index >= 15 is 0 Å². The molecule has 17 heavy (non-hydrogen) atoms. The second-order valence-corrected chi connectivity index (χ2v) is 4.01. The number of nitrogens with two attached hydrogens (primary N) is 1. The van der Waals surface area contributed by atoms with Gasteiger partial charge in [0, 0.05) is 13.0 Å². The molecule has 0 aliphatic carbocycles. The van der Waals surface area contributed by atoms with Crippen LogP contribution >= 0.6 is 11.6 Å². The van der Waals surface area contributed by atoms with Crippen LogP contribution in [0.25, 0.3) is 0 Å². The Morgan fingerprint density at radius 1 is 1.47 bits per heavy atom. The van der Waals surface area contributed by atoms with E-state index in [1.165, 1.54) is 18.2 Å². The largest absolute Gasteiger partial charge is 0.409 e. The molecular weight excluding hydrogens is 245 g/mol. The number of nitrogens with zero attached hydrogens (tertiary/aromatic N) is 1. The molecule has 6 heteroatoms. The molecule has 0 bridgehead atoms. The molecule has 0 saturated carbocycles. The van der Waals surface area contributed by atoms with Crippen molar-refractivity contribution in [3.63, 3.8) is 0 Å². The third-order valence-corrected chi connectivity index (χ3v) is 2.56. The molecule has 0 heterocycles. The Labute approximate surface area is 104 Å². The van der Waals surface area contributed by atoms with Crippen LogP contribution in [-0.4, -0.2) is 17.6 Å². The lowest BCUT2D eigenvalue weighted by atomic mass is 10.2. The van der Waals surface area contributed by atoms with Crippen molar-refractivity contribution in [3.05, 3.63) is 29.0 Å². The van der Waals surface area contributed by atoms with E-state index in [1.54, 1.807) is 0 Å². The van der Waals surface area contributed by atoms with Gasteiger partial charge in [-0.15, -0.1) is 0 Å². The molecule has 0 aliphatic heterocycles. The predicted octanol–water partition coefficient (Wildman–Crippen LogP) is 2.81. The van der Waals surface area contributed by atoms with Crippen LogP contribution in [0.1, 0.15) is 19.3 Å². The summed E-state index contributed by atoms with van der Waals surface area (Å²) in [4.78, 5) is 0. The van der Waals surface area contributed by atoms with E-state index in [4.69, 9.17) is 22.5 Å². The van der Waals surface area contributed by atoms with E-state index in [9.17, 15) is 4.39 Å². The fourth-order valence-electron chi connectivity index (χ4n) is 1.34. The summed E-state index contributed by atoms with van der Waals surface area (Å²) in [6.07, 6.45) is 2.15. The predicted molar refractivity (Wildman–Crippen MR) is 67.2 cm³/mol. The van der Waals surface area contributed by atoms with Gasteiger partial charge in [-0.3, -0.25) is 0 Å². The van der Waals surface area contributed by atoms with Crippen molar-refractivity contribution >= 4 is 23.1 Å². The van der Waals surface area contributed by atoms with Crippen molar-refractivity contribution in [2.75, 3.05) is 11.9 Å². The van der Waals surface area contributed by atoms with E-state index in [0.29, 0.717) is 23.7 Å². The maximum absolute atomic E-state index is 12.9. The first-order valence-electron chi connectivity index (χ1n) is 5.29. The quantitative estimate of drug-likeness (QED) is 0.242. The second kappa shape index (κ2) is 6.96. The van der Waals surface area contributed by atoms with Gasteiger partial charge in [0.05, 0.1) is 10.7 Å². The van der Waals surface area contributed by atoms with Gasteiger partial charge in [-0.25, -0.2) is 4.39 Å². The van der Waals surface area contributed by atoms with Crippen LogP contribution in [0.5, 0.6) is 0 Å². The summed E-state index contributed by atoms with van der Waals surface area (Å²) in [5.74, 6) is -0.109. The van der Waals surface area contributed by atoms with Crippen LogP contribution in [0.4, 0.5) is 10.1 Å². The van der Waals surface area contributed by atoms with Crippen molar-refractivity contribution in [2.24, 2.45) is 10.9 Å². The number of oxime groups is 1. The zero-order valence-corrected chi connectivity index (χ0v) is 10.0. The maximum atomic E-state index is 12.9. The van der Waals surface area contributed by atoms with E-state index < -0.39 is 0 Å². The lowest BCUT2D eigenvalue weighted by molar-refractivity contribution is 0.316. The minimum Gasteiger partial charge on any atom is -0.409 e. The zero-order valence-electron chi connectivity index (χ0n) is 9.29. The van der Waals surface area contributed by atoms with Crippen LogP contribution < -0.4 is 11.1 Å². The van der Waals surface area contributed by atoms with Crippen molar-refractivity contribution in [3.8, 4) is 0 Å². The highest BCUT2D eigenvalue weighted by Crippen LogP contribution is 2.22. The van der Waals surface area contributed by atoms with Crippen LogP contribution in [0.2, 0.25) is 5.02 Å². The molecule has 0 fully saturated rings. The highest BCUT2D eigenvalue weighted by molar-refractivity contribution is 6.33. The summed E-state index contributed by atoms with van der Waals surface area (Å²) in [6.45, 7) is 0.655. The lowest BCUT2D eigenvalue weighted by Crippen LogP contribution is -2.12. The molecule has 0 atom stereocenters. The van der Waals surface area contributed by atoms with Crippen molar-refractivity contribution in [1.82, 2.24) is 0 Å². The monoisotopic (exact) mass is 259 g/mol. The first kappa shape index (κ1) is 13.6. The normalized spacial score (nSPS) is 11.5. The average molecular weight is 260 g/mol. The number of unbranched alkanes of at least 4 members (excludes halogenated alkanes) is 1. The molecule has 0 aromatic heterocycles. The zero-order chi connectivity index (χ0) is 12.7. The fraction of sp³-hybridized carbons (Fsp3) is 0.364. The number of nitrogens with one attached hydrogen (secondary N) is 1. The molecule has 1 aromatic carbocycles. The SMILES string of the molecule is N/C(CCCCNc1cc(F)ccc1Cl)=N/O. The molecule has 1 rings (SSSR count). The smallest absolute Gasteiger partial charge is 0.139 e. The number of benzene rings is 1. The van der Waals surface area contributed by atoms with E-state index in [1.807, 2.05) is 0 Å². The number of halogens is 2. The van der Waals surface area contributed by atoms with Crippen molar-refractivity contribution in [1.29, 1.82) is 0 Å². The first-order valence-corrected chi connectivity index (χ1v) is 5.66. The molecule has 4 N–H and O–H groups in total. The number of hydrogen-bond donors (Lipinski definition) is 3. The molecule has 94 valence electrons. The molecule has 0 spiro atoms. The van der Waals surface area contributed by atoms with E-state index in [-0.39, 0.29) is 11.7 Å². The summed E-state index contributed by atoms with van der Waals surface area (Å²) in [5.41, 5.74) is 5.90. The van der Waals surface area contributed by atoms with Gasteiger partial charge in [-0.2, -0.15) is 0 Å². The highest BCUT2D eigenvalue weighted by Gasteiger charge is 2.01. The lowest BCUT2D eigenvalue weighted by Gasteiger charge is -2.08. The minimum atomic E-state index is -0.325. The highest BCUT2D eigenvalue weighted by atomic mass is 35.5. The van der Waals surface area contributed by atoms with E-state index in [0.717, 1.165) is 12.8 Å². The van der Waals surface area contributed by atoms with Gasteiger partial charge in [-0.1, -0.05) is 16.8 Å². The Morgan fingerprint density at radius 2 is 2.24 bits per heavy atom. The molecule has 0 radical (unpaired) electrons. The summed E-state index contributed by atoms with van der Waals surface area (Å²) < 4.78 is 12.9. The van der Waals surface area contributed by atoms with Crippen molar-refractivity contribution < 1.29 is 9.60 Å². The number of anilines is 1. The van der Waals surface area contributed by atoms with Gasteiger partial charge in [0.15, 0.2) is 0 Å². The van der Waals surface area contributed by atoms with Gasteiger partial charge in [-0.05, 0) is 31.0 Å². The summed E-state index contributed by atoms with van der Waals surface area (Å²) in [5, 5.41) is 14.7. The van der Waals surface area contributed by atoms with Gasteiger partial charge < -0.3 is 16.3 Å². The Bertz CT molecular complexity index is 398. The van der Waals surface area contributed by atoms with Gasteiger partial charge >= 0.3 is 0 Å². The summed E-state index contributed by atoms with van der Waals surface area (Å²) in [6, 6.07) is 4.17. The third-order valence-electron chi connectivity index (χ3n) is 2.23. The van der Waals surface area contributed by atoms with Gasteiger partial charge in [0.25, 0.3) is 0 Å². The van der Waals surface area contributed by atoms with E-state index in [2.05, 4.69) is 10.5 Å². The molecule has 0 aliphatic rings. The molecule has 0 saturated heterocycles. The maximum Gasteiger partial charge on any atom is 0.139 e. The van der Waals surface area contributed by atoms with Crippen LogP contribution in [0, 0.1) is 5.82 Å². The molecular formula is C11H15ClFN3O. The first-order chi connectivity index (χ1) is 8.13. The molecule has 1 aromatic rings. The van der Waals surface area contributed by atoms with Crippen molar-refractivity contribution in [2.45, 2.75) is 19.3 Å². The molecule has 4 nitrogen and oxygen atoms in total. The minimum absolute atomic E-state index is 0.216. The summed E-state index contributed by atoms with van der Waals surface area (Å²) in [7, 11) is 0. The Kier molecular flexibility index (Phi) is 5.56. The Morgan fingerprint density at radius 3 is 2.94 bits per heavy atom. The molecule has 0 unspecified atom stereocenters. The Balaban J connectivity index is 2.29. The van der Waals surface area contributed by atoms with Crippen LogP contribution in [-0.2, 0) is 0 Å². The third kappa shape index (κ3) is 4.91. The number of hydrogen-bond acceptors (Lipinski definition) is 3. The summed E-state index contributed by atoms with van der Waals surface area (Å²) >= 11 is 5.88. The number of rotatable bonds is 6. The Hall–Kier alpha value is -1.49. The number of amidine groups is 1. The van der Waals surface area contributed by atoms with Crippen LogP contribution in [0.15, 0.2) is 23.4 Å². The topological polar surface area (TPSA) is 70.6 Å². The fourth-order valence-corrected chi connectivity index (χ4v) is 1.52. The van der Waals surface area contributed by atoms with Gasteiger partial charge in [0.1, 0.15) is 11.7 Å². The average Bonchev–Trinajstić information content (AvgIpc) is 2.32. The van der Waals surface area contributed by atoms with Crippen LogP contribution in [0.3, 0.4) is 0 Å². The standard InChI is InChI=1S/C11H15ClFN3O/c12-9-5-4-8(13)7-10(9)15-6-2-1-3-11(14)16-17/h4-5,7,15,17H,1-3,6H2,(H2,14,16). The molecule has 0 amide bonds. The second-order valence-electron chi connectivity index (χ2n) is 3.60. The van der Waals surface area contributed by atoms with Gasteiger partial charge in [0.2, 0.25) is 0 Å².